The number of nitrogens with one attached hydrogen (secondary N) is 1. The topological polar surface area (TPSA) is 15.3 Å². The van der Waals surface area contributed by atoms with Crippen LogP contribution in [0.5, 0.6) is 0 Å². The van der Waals surface area contributed by atoms with E-state index in [2.05, 4.69) is 45.1 Å². The van der Waals surface area contributed by atoms with Crippen LogP contribution in [0.15, 0.2) is 0 Å². The smallest absolute Gasteiger partial charge is 0.0141 e. The summed E-state index contributed by atoms with van der Waals surface area (Å²) < 4.78 is 0. The molecule has 0 bridgehead atoms. The standard InChI is InChI=1S/C12H26N2/c1-12(2,3)11(14(4)5)8-10-6-7-13-9-10/h10-11,13H,6-9H2,1-5H3. The van der Waals surface area contributed by atoms with Crippen molar-refractivity contribution in [2.24, 2.45) is 11.3 Å². The molecule has 2 heteroatoms. The van der Waals surface area contributed by atoms with Gasteiger partial charge in [-0.15, -0.1) is 0 Å². The summed E-state index contributed by atoms with van der Waals surface area (Å²) in [4.78, 5) is 2.39. The fourth-order valence-corrected chi connectivity index (χ4v) is 2.57. The Morgan fingerprint density at radius 3 is 2.36 bits per heavy atom. The van der Waals surface area contributed by atoms with Crippen molar-refractivity contribution in [1.29, 1.82) is 0 Å². The molecule has 1 rings (SSSR count). The fraction of sp³-hybridized carbons (Fsp3) is 1.00. The molecule has 1 saturated heterocycles. The summed E-state index contributed by atoms with van der Waals surface area (Å²) in [6.45, 7) is 9.48. The van der Waals surface area contributed by atoms with E-state index in [9.17, 15) is 0 Å². The van der Waals surface area contributed by atoms with Gasteiger partial charge >= 0.3 is 0 Å². The Morgan fingerprint density at radius 1 is 1.36 bits per heavy atom. The molecule has 0 spiro atoms. The molecule has 0 aromatic rings. The zero-order valence-corrected chi connectivity index (χ0v) is 10.4. The van der Waals surface area contributed by atoms with Gasteiger partial charge in [-0.05, 0) is 51.4 Å². The summed E-state index contributed by atoms with van der Waals surface area (Å²) in [5.41, 5.74) is 0.395. The predicted molar refractivity (Wildman–Crippen MR) is 62.5 cm³/mol. The molecule has 0 radical (unpaired) electrons. The monoisotopic (exact) mass is 198 g/mol. The van der Waals surface area contributed by atoms with Crippen LogP contribution < -0.4 is 5.32 Å². The number of nitrogens with zero attached hydrogens (tertiary/aromatic N) is 1. The molecule has 84 valence electrons. The third-order valence-electron chi connectivity index (χ3n) is 3.34. The highest BCUT2D eigenvalue weighted by molar-refractivity contribution is 4.85. The van der Waals surface area contributed by atoms with E-state index in [1.807, 2.05) is 0 Å². The van der Waals surface area contributed by atoms with Gasteiger partial charge in [0.05, 0.1) is 0 Å². The van der Waals surface area contributed by atoms with Crippen LogP contribution in [0.4, 0.5) is 0 Å². The average molecular weight is 198 g/mol. The predicted octanol–water partition coefficient (Wildman–Crippen LogP) is 1.96. The van der Waals surface area contributed by atoms with E-state index < -0.39 is 0 Å². The van der Waals surface area contributed by atoms with Gasteiger partial charge in [0, 0.05) is 6.04 Å². The van der Waals surface area contributed by atoms with Crippen LogP contribution in [0, 0.1) is 11.3 Å². The average Bonchev–Trinajstić information content (AvgIpc) is 2.48. The highest BCUT2D eigenvalue weighted by atomic mass is 15.1. The van der Waals surface area contributed by atoms with Gasteiger partial charge < -0.3 is 10.2 Å². The molecule has 1 aliphatic heterocycles. The minimum absolute atomic E-state index is 0.395. The van der Waals surface area contributed by atoms with Crippen LogP contribution in [0.3, 0.4) is 0 Å². The SMILES string of the molecule is CN(C)C(CC1CCNC1)C(C)(C)C. The molecule has 0 aromatic heterocycles. The highest BCUT2D eigenvalue weighted by Gasteiger charge is 2.29. The summed E-state index contributed by atoms with van der Waals surface area (Å²) >= 11 is 0. The Bertz CT molecular complexity index is 164. The second-order valence-electron chi connectivity index (χ2n) is 5.94. The molecule has 0 saturated carbocycles. The Kier molecular flexibility index (Phi) is 3.96. The zero-order valence-electron chi connectivity index (χ0n) is 10.4. The molecular formula is C12H26N2. The van der Waals surface area contributed by atoms with Crippen molar-refractivity contribution < 1.29 is 0 Å². The van der Waals surface area contributed by atoms with E-state index in [4.69, 9.17) is 0 Å². The van der Waals surface area contributed by atoms with Crippen LogP contribution in [0.1, 0.15) is 33.6 Å². The first-order valence-electron chi connectivity index (χ1n) is 5.78. The lowest BCUT2D eigenvalue weighted by Crippen LogP contribution is -2.41. The maximum Gasteiger partial charge on any atom is 0.0141 e. The van der Waals surface area contributed by atoms with Gasteiger partial charge in [0.25, 0.3) is 0 Å². The van der Waals surface area contributed by atoms with Crippen molar-refractivity contribution in [3.8, 4) is 0 Å². The van der Waals surface area contributed by atoms with Gasteiger partial charge in [-0.3, -0.25) is 0 Å². The van der Waals surface area contributed by atoms with Gasteiger partial charge in [-0.1, -0.05) is 20.8 Å². The molecule has 1 aliphatic rings. The van der Waals surface area contributed by atoms with Crippen LogP contribution >= 0.6 is 0 Å². The summed E-state index contributed by atoms with van der Waals surface area (Å²) in [5, 5.41) is 3.45. The van der Waals surface area contributed by atoms with Crippen LogP contribution in [0.25, 0.3) is 0 Å². The van der Waals surface area contributed by atoms with Crippen LogP contribution in [0.2, 0.25) is 0 Å². The van der Waals surface area contributed by atoms with Gasteiger partial charge in [0.2, 0.25) is 0 Å². The first-order valence-corrected chi connectivity index (χ1v) is 5.78. The molecule has 14 heavy (non-hydrogen) atoms. The van der Waals surface area contributed by atoms with Crippen molar-refractivity contribution in [3.05, 3.63) is 0 Å². The van der Waals surface area contributed by atoms with E-state index in [1.54, 1.807) is 0 Å². The first kappa shape index (κ1) is 12.0. The maximum absolute atomic E-state index is 3.45. The molecule has 2 atom stereocenters. The third-order valence-corrected chi connectivity index (χ3v) is 3.34. The molecule has 0 aliphatic carbocycles. The minimum Gasteiger partial charge on any atom is -0.316 e. The van der Waals surface area contributed by atoms with Crippen molar-refractivity contribution in [3.63, 3.8) is 0 Å². The lowest BCUT2D eigenvalue weighted by molar-refractivity contribution is 0.126. The molecule has 0 aromatic carbocycles. The maximum atomic E-state index is 3.45. The largest absolute Gasteiger partial charge is 0.316 e. The lowest BCUT2D eigenvalue weighted by Gasteiger charge is -2.37. The summed E-state index contributed by atoms with van der Waals surface area (Å²) in [6.07, 6.45) is 2.70. The summed E-state index contributed by atoms with van der Waals surface area (Å²) in [7, 11) is 4.41. The van der Waals surface area contributed by atoms with E-state index in [-0.39, 0.29) is 0 Å². The van der Waals surface area contributed by atoms with E-state index >= 15 is 0 Å². The van der Waals surface area contributed by atoms with E-state index in [1.165, 1.54) is 25.9 Å². The van der Waals surface area contributed by atoms with Crippen molar-refractivity contribution in [2.75, 3.05) is 27.2 Å². The van der Waals surface area contributed by atoms with E-state index in [0.29, 0.717) is 11.5 Å². The molecular weight excluding hydrogens is 172 g/mol. The highest BCUT2D eigenvalue weighted by Crippen LogP contribution is 2.29. The third kappa shape index (κ3) is 3.25. The van der Waals surface area contributed by atoms with Gasteiger partial charge in [-0.2, -0.15) is 0 Å². The summed E-state index contributed by atoms with van der Waals surface area (Å²) in [6, 6.07) is 0.701. The van der Waals surface area contributed by atoms with Crippen molar-refractivity contribution >= 4 is 0 Å². The molecule has 0 amide bonds. The van der Waals surface area contributed by atoms with Crippen molar-refractivity contribution in [2.45, 2.75) is 39.7 Å². The molecule has 2 nitrogen and oxygen atoms in total. The second-order valence-corrected chi connectivity index (χ2v) is 5.94. The van der Waals surface area contributed by atoms with E-state index in [0.717, 1.165) is 5.92 Å². The van der Waals surface area contributed by atoms with Gasteiger partial charge in [-0.25, -0.2) is 0 Å². The second kappa shape index (κ2) is 4.63. The number of hydrogen-bond acceptors (Lipinski definition) is 2. The Balaban J connectivity index is 2.50. The van der Waals surface area contributed by atoms with Crippen LogP contribution in [-0.4, -0.2) is 38.1 Å². The molecule has 1 heterocycles. The zero-order chi connectivity index (χ0) is 10.8. The Hall–Kier alpha value is -0.0800. The molecule has 2 unspecified atom stereocenters. The normalized spacial score (nSPS) is 25.7. The lowest BCUT2D eigenvalue weighted by atomic mass is 9.80. The Labute approximate surface area is 89.1 Å². The molecule has 1 N–H and O–H groups in total. The Morgan fingerprint density at radius 2 is 2.00 bits per heavy atom. The molecule has 1 fully saturated rings. The first-order chi connectivity index (χ1) is 6.41. The quantitative estimate of drug-likeness (QED) is 0.746. The number of hydrogen-bond donors (Lipinski definition) is 1. The number of rotatable bonds is 3. The van der Waals surface area contributed by atoms with Gasteiger partial charge in [0.15, 0.2) is 0 Å². The summed E-state index contributed by atoms with van der Waals surface area (Å²) in [5.74, 6) is 0.890. The van der Waals surface area contributed by atoms with Crippen LogP contribution in [-0.2, 0) is 0 Å². The van der Waals surface area contributed by atoms with Crippen molar-refractivity contribution in [1.82, 2.24) is 10.2 Å². The van der Waals surface area contributed by atoms with Gasteiger partial charge in [0.1, 0.15) is 0 Å². The minimum atomic E-state index is 0.395. The fourth-order valence-electron chi connectivity index (χ4n) is 2.57.